The average Bonchev–Trinajstić information content (AvgIpc) is 2.77. The summed E-state index contributed by atoms with van der Waals surface area (Å²) in [5, 5.41) is 4.21. The van der Waals surface area contributed by atoms with Gasteiger partial charge in [-0.15, -0.1) is 0 Å². The van der Waals surface area contributed by atoms with Crippen molar-refractivity contribution in [1.29, 1.82) is 0 Å². The Bertz CT molecular complexity index is 525. The van der Waals surface area contributed by atoms with Crippen LogP contribution in [0.1, 0.15) is 18.9 Å². The summed E-state index contributed by atoms with van der Waals surface area (Å²) in [5.41, 5.74) is 0.790. The third-order valence-electron chi connectivity index (χ3n) is 2.52. The standard InChI is InChI=1S/C12H12Cl2N2O/c1-7(15-2)12-16-6-11(17-12)9-4-3-8(13)5-10(9)14/h3-7,15H,1-2H3. The Morgan fingerprint density at radius 3 is 2.76 bits per heavy atom. The van der Waals surface area contributed by atoms with Crippen molar-refractivity contribution >= 4 is 23.2 Å². The highest BCUT2D eigenvalue weighted by Crippen LogP contribution is 2.31. The molecule has 17 heavy (non-hydrogen) atoms. The highest BCUT2D eigenvalue weighted by atomic mass is 35.5. The van der Waals surface area contributed by atoms with Gasteiger partial charge < -0.3 is 9.73 Å². The van der Waals surface area contributed by atoms with Gasteiger partial charge in [0.2, 0.25) is 5.89 Å². The maximum absolute atomic E-state index is 6.10. The van der Waals surface area contributed by atoms with Gasteiger partial charge in [-0.1, -0.05) is 23.2 Å². The fourth-order valence-corrected chi connectivity index (χ4v) is 1.93. The summed E-state index contributed by atoms with van der Waals surface area (Å²) >= 11 is 11.9. The molecule has 0 fully saturated rings. The Balaban J connectivity index is 2.37. The first-order valence-corrected chi connectivity index (χ1v) is 5.96. The van der Waals surface area contributed by atoms with Gasteiger partial charge in [0.1, 0.15) is 0 Å². The van der Waals surface area contributed by atoms with Gasteiger partial charge in [-0.3, -0.25) is 0 Å². The molecule has 0 aliphatic rings. The lowest BCUT2D eigenvalue weighted by molar-refractivity contribution is 0.441. The first-order valence-electron chi connectivity index (χ1n) is 5.20. The average molecular weight is 271 g/mol. The number of hydrogen-bond donors (Lipinski definition) is 1. The second kappa shape index (κ2) is 5.08. The summed E-state index contributed by atoms with van der Waals surface area (Å²) in [5.74, 6) is 1.28. The van der Waals surface area contributed by atoms with Crippen LogP contribution in [0.15, 0.2) is 28.8 Å². The van der Waals surface area contributed by atoms with Gasteiger partial charge in [-0.25, -0.2) is 4.98 Å². The lowest BCUT2D eigenvalue weighted by Gasteiger charge is -2.04. The molecule has 0 saturated heterocycles. The predicted octanol–water partition coefficient (Wildman–Crippen LogP) is 3.93. The van der Waals surface area contributed by atoms with Crippen molar-refractivity contribution in [2.24, 2.45) is 0 Å². The van der Waals surface area contributed by atoms with Gasteiger partial charge in [0, 0.05) is 10.6 Å². The van der Waals surface area contributed by atoms with E-state index in [1.54, 1.807) is 18.3 Å². The van der Waals surface area contributed by atoms with E-state index in [2.05, 4.69) is 10.3 Å². The highest BCUT2D eigenvalue weighted by Gasteiger charge is 2.13. The zero-order valence-electron chi connectivity index (χ0n) is 9.50. The molecule has 0 aliphatic carbocycles. The minimum absolute atomic E-state index is 0.0647. The summed E-state index contributed by atoms with van der Waals surface area (Å²) < 4.78 is 5.64. The number of benzene rings is 1. The molecule has 3 nitrogen and oxygen atoms in total. The van der Waals surface area contributed by atoms with E-state index in [0.29, 0.717) is 21.7 Å². The molecule has 2 aromatic rings. The molecule has 0 spiro atoms. The molecule has 2 rings (SSSR count). The molecule has 1 unspecified atom stereocenters. The van der Waals surface area contributed by atoms with Crippen LogP contribution >= 0.6 is 23.2 Å². The van der Waals surface area contributed by atoms with Crippen LogP contribution < -0.4 is 5.32 Å². The molecule has 1 aromatic carbocycles. The zero-order chi connectivity index (χ0) is 12.4. The van der Waals surface area contributed by atoms with E-state index in [1.165, 1.54) is 0 Å². The van der Waals surface area contributed by atoms with E-state index < -0.39 is 0 Å². The molecule has 0 radical (unpaired) electrons. The van der Waals surface area contributed by atoms with Crippen LogP contribution in [-0.4, -0.2) is 12.0 Å². The molecule has 0 aliphatic heterocycles. The van der Waals surface area contributed by atoms with E-state index >= 15 is 0 Å². The van der Waals surface area contributed by atoms with E-state index in [4.69, 9.17) is 27.6 Å². The summed E-state index contributed by atoms with van der Waals surface area (Å²) in [6.07, 6.45) is 1.66. The molecular formula is C12H12Cl2N2O. The van der Waals surface area contributed by atoms with Crippen LogP contribution in [0.5, 0.6) is 0 Å². The van der Waals surface area contributed by atoms with E-state index in [9.17, 15) is 0 Å². The molecule has 0 saturated carbocycles. The monoisotopic (exact) mass is 270 g/mol. The number of nitrogens with one attached hydrogen (secondary N) is 1. The molecule has 1 aromatic heterocycles. The molecule has 1 heterocycles. The quantitative estimate of drug-likeness (QED) is 0.919. The third-order valence-corrected chi connectivity index (χ3v) is 3.07. The van der Waals surface area contributed by atoms with Gasteiger partial charge >= 0.3 is 0 Å². The lowest BCUT2D eigenvalue weighted by Crippen LogP contribution is -2.12. The van der Waals surface area contributed by atoms with E-state index in [1.807, 2.05) is 20.0 Å². The Hall–Kier alpha value is -1.03. The van der Waals surface area contributed by atoms with E-state index in [0.717, 1.165) is 5.56 Å². The van der Waals surface area contributed by atoms with Crippen molar-refractivity contribution in [1.82, 2.24) is 10.3 Å². The van der Waals surface area contributed by atoms with Crippen molar-refractivity contribution in [3.05, 3.63) is 40.3 Å². The van der Waals surface area contributed by atoms with Crippen LogP contribution in [0.3, 0.4) is 0 Å². The first kappa shape index (κ1) is 12.4. The topological polar surface area (TPSA) is 38.1 Å². The van der Waals surface area contributed by atoms with Crippen molar-refractivity contribution in [2.45, 2.75) is 13.0 Å². The second-order valence-corrected chi connectivity index (χ2v) is 4.54. The summed E-state index contributed by atoms with van der Waals surface area (Å²) in [6, 6.07) is 5.34. The number of hydrogen-bond acceptors (Lipinski definition) is 3. The molecule has 1 atom stereocenters. The molecule has 90 valence electrons. The minimum Gasteiger partial charge on any atom is -0.439 e. The Morgan fingerprint density at radius 2 is 2.12 bits per heavy atom. The SMILES string of the molecule is CNC(C)c1ncc(-c2ccc(Cl)cc2Cl)o1. The van der Waals surface area contributed by atoms with Gasteiger partial charge in [-0.2, -0.15) is 0 Å². The smallest absolute Gasteiger partial charge is 0.211 e. The first-order chi connectivity index (χ1) is 8.11. The third kappa shape index (κ3) is 2.63. The van der Waals surface area contributed by atoms with Gasteiger partial charge in [0.25, 0.3) is 0 Å². The van der Waals surface area contributed by atoms with Crippen molar-refractivity contribution in [2.75, 3.05) is 7.05 Å². The lowest BCUT2D eigenvalue weighted by atomic mass is 10.2. The number of rotatable bonds is 3. The molecule has 5 heteroatoms. The summed E-state index contributed by atoms with van der Waals surface area (Å²) in [6.45, 7) is 1.97. The normalized spacial score (nSPS) is 12.7. The van der Waals surface area contributed by atoms with Crippen LogP contribution in [-0.2, 0) is 0 Å². The number of halogens is 2. The van der Waals surface area contributed by atoms with E-state index in [-0.39, 0.29) is 6.04 Å². The number of nitrogens with zero attached hydrogens (tertiary/aromatic N) is 1. The Labute approximate surface area is 110 Å². The fraction of sp³-hybridized carbons (Fsp3) is 0.250. The minimum atomic E-state index is 0.0647. The van der Waals surface area contributed by atoms with Gasteiger partial charge in [0.15, 0.2) is 5.76 Å². The molecule has 0 amide bonds. The predicted molar refractivity (Wildman–Crippen MR) is 69.4 cm³/mol. The number of oxazole rings is 1. The van der Waals surface area contributed by atoms with Crippen LogP contribution in [0.25, 0.3) is 11.3 Å². The summed E-state index contributed by atoms with van der Waals surface area (Å²) in [7, 11) is 1.85. The fourth-order valence-electron chi connectivity index (χ4n) is 1.43. The number of aromatic nitrogens is 1. The second-order valence-electron chi connectivity index (χ2n) is 3.70. The maximum Gasteiger partial charge on any atom is 0.211 e. The molecular weight excluding hydrogens is 259 g/mol. The van der Waals surface area contributed by atoms with Crippen LogP contribution in [0, 0.1) is 0 Å². The molecule has 0 bridgehead atoms. The largest absolute Gasteiger partial charge is 0.439 e. The maximum atomic E-state index is 6.10. The van der Waals surface area contributed by atoms with Crippen molar-refractivity contribution < 1.29 is 4.42 Å². The van der Waals surface area contributed by atoms with Gasteiger partial charge in [-0.05, 0) is 32.2 Å². The van der Waals surface area contributed by atoms with Crippen LogP contribution in [0.4, 0.5) is 0 Å². The molecule has 1 N–H and O–H groups in total. The Morgan fingerprint density at radius 1 is 1.35 bits per heavy atom. The zero-order valence-corrected chi connectivity index (χ0v) is 11.0. The van der Waals surface area contributed by atoms with Crippen molar-refractivity contribution in [3.63, 3.8) is 0 Å². The Kier molecular flexibility index (Phi) is 3.72. The van der Waals surface area contributed by atoms with Crippen LogP contribution in [0.2, 0.25) is 10.0 Å². The van der Waals surface area contributed by atoms with Crippen molar-refractivity contribution in [3.8, 4) is 11.3 Å². The highest BCUT2D eigenvalue weighted by molar-refractivity contribution is 6.36. The van der Waals surface area contributed by atoms with Gasteiger partial charge in [0.05, 0.1) is 17.3 Å². The summed E-state index contributed by atoms with van der Waals surface area (Å²) in [4.78, 5) is 4.21.